The van der Waals surface area contributed by atoms with Gasteiger partial charge in [-0.2, -0.15) is 0 Å². The number of piperidine rings is 1. The number of carboxylic acids is 1. The Morgan fingerprint density at radius 2 is 1.80 bits per heavy atom. The van der Waals surface area contributed by atoms with Gasteiger partial charge in [0.05, 0.1) is 6.10 Å². The fourth-order valence-corrected chi connectivity index (χ4v) is 3.08. The van der Waals surface area contributed by atoms with Crippen LogP contribution < -0.4 is 0 Å². The predicted molar refractivity (Wildman–Crippen MR) is 73.3 cm³/mol. The van der Waals surface area contributed by atoms with Crippen LogP contribution in [0.15, 0.2) is 0 Å². The first kappa shape index (κ1) is 15.1. The van der Waals surface area contributed by atoms with Crippen molar-refractivity contribution in [3.63, 3.8) is 0 Å². The summed E-state index contributed by atoms with van der Waals surface area (Å²) in [5, 5.41) is 18.4. The molecule has 0 radical (unpaired) electrons. The molecule has 0 spiro atoms. The summed E-state index contributed by atoms with van der Waals surface area (Å²) in [6.45, 7) is 4.57. The number of nitrogens with zero attached hydrogens (tertiary/aromatic N) is 2. The largest absolute Gasteiger partial charge is 0.481 e. The van der Waals surface area contributed by atoms with Crippen LogP contribution in [0.25, 0.3) is 0 Å². The van der Waals surface area contributed by atoms with Gasteiger partial charge in [-0.25, -0.2) is 4.79 Å². The van der Waals surface area contributed by atoms with E-state index in [1.54, 1.807) is 0 Å². The van der Waals surface area contributed by atoms with E-state index in [-0.39, 0.29) is 24.5 Å². The zero-order valence-corrected chi connectivity index (χ0v) is 12.0. The zero-order valence-electron chi connectivity index (χ0n) is 12.0. The van der Waals surface area contributed by atoms with E-state index in [0.717, 1.165) is 13.0 Å². The monoisotopic (exact) mass is 284 g/mol. The van der Waals surface area contributed by atoms with E-state index in [1.807, 2.05) is 16.7 Å². The Labute approximate surface area is 119 Å². The maximum atomic E-state index is 12.4. The molecule has 0 aromatic rings. The molecule has 2 amide bonds. The van der Waals surface area contributed by atoms with Crippen LogP contribution >= 0.6 is 0 Å². The van der Waals surface area contributed by atoms with Crippen molar-refractivity contribution in [1.82, 2.24) is 9.80 Å². The van der Waals surface area contributed by atoms with Crippen molar-refractivity contribution >= 4 is 12.0 Å². The third-order valence-electron chi connectivity index (χ3n) is 4.45. The second kappa shape index (κ2) is 6.43. The number of rotatable bonds is 3. The minimum Gasteiger partial charge on any atom is -0.481 e. The number of likely N-dealkylation sites (tertiary alicyclic amines) is 2. The van der Waals surface area contributed by atoms with Gasteiger partial charge in [-0.1, -0.05) is 6.92 Å². The average molecular weight is 284 g/mol. The number of aliphatic carboxylic acids is 1. The first-order valence-electron chi connectivity index (χ1n) is 7.41. The molecule has 6 nitrogen and oxygen atoms in total. The van der Waals surface area contributed by atoms with Gasteiger partial charge in [-0.15, -0.1) is 0 Å². The van der Waals surface area contributed by atoms with Crippen molar-refractivity contribution in [2.45, 2.75) is 38.7 Å². The number of carbonyl (C=O) groups is 2. The van der Waals surface area contributed by atoms with E-state index < -0.39 is 5.97 Å². The molecule has 2 aliphatic heterocycles. The number of carbonyl (C=O) groups excluding carboxylic acids is 1. The van der Waals surface area contributed by atoms with Crippen molar-refractivity contribution in [2.75, 3.05) is 26.2 Å². The van der Waals surface area contributed by atoms with Gasteiger partial charge in [0, 0.05) is 32.6 Å². The number of aliphatic hydroxyl groups is 1. The van der Waals surface area contributed by atoms with Crippen LogP contribution in [0.5, 0.6) is 0 Å². The Bertz CT molecular complexity index is 374. The van der Waals surface area contributed by atoms with Crippen molar-refractivity contribution in [3.8, 4) is 0 Å². The van der Waals surface area contributed by atoms with Gasteiger partial charge in [0.1, 0.15) is 0 Å². The average Bonchev–Trinajstić information content (AvgIpc) is 2.87. The minimum absolute atomic E-state index is 0.0431. The van der Waals surface area contributed by atoms with E-state index in [1.165, 1.54) is 0 Å². The van der Waals surface area contributed by atoms with Crippen molar-refractivity contribution in [3.05, 3.63) is 0 Å². The second-order valence-corrected chi connectivity index (χ2v) is 6.10. The molecule has 0 aliphatic carbocycles. The smallest absolute Gasteiger partial charge is 0.320 e. The fraction of sp³-hybridized carbons (Fsp3) is 0.857. The van der Waals surface area contributed by atoms with Crippen LogP contribution in [0.3, 0.4) is 0 Å². The van der Waals surface area contributed by atoms with Crippen LogP contribution in [0, 0.1) is 11.8 Å². The molecule has 2 heterocycles. The molecule has 0 saturated carbocycles. The summed E-state index contributed by atoms with van der Waals surface area (Å²) >= 11 is 0. The van der Waals surface area contributed by atoms with E-state index in [4.69, 9.17) is 5.11 Å². The van der Waals surface area contributed by atoms with Gasteiger partial charge in [-0.3, -0.25) is 4.79 Å². The lowest BCUT2D eigenvalue weighted by Crippen LogP contribution is -2.49. The molecular formula is C14H24N2O4. The Kier molecular flexibility index (Phi) is 4.86. The Hall–Kier alpha value is -1.30. The molecule has 2 fully saturated rings. The standard InChI is InChI=1S/C14H24N2O4/c1-10-8-15(7-5-12(10)17)14(20)16-6-4-11(9-16)2-3-13(18)19/h10-12,17H,2-9H2,1H3,(H,18,19). The Morgan fingerprint density at radius 3 is 2.45 bits per heavy atom. The second-order valence-electron chi connectivity index (χ2n) is 6.10. The van der Waals surface area contributed by atoms with Crippen molar-refractivity contribution < 1.29 is 19.8 Å². The maximum absolute atomic E-state index is 12.4. The van der Waals surface area contributed by atoms with Crippen LogP contribution in [-0.2, 0) is 4.79 Å². The summed E-state index contributed by atoms with van der Waals surface area (Å²) in [5.41, 5.74) is 0. The number of carboxylic acid groups (broad SMARTS) is 1. The van der Waals surface area contributed by atoms with Gasteiger partial charge in [0.25, 0.3) is 0 Å². The highest BCUT2D eigenvalue weighted by molar-refractivity contribution is 5.75. The Morgan fingerprint density at radius 1 is 1.15 bits per heavy atom. The highest BCUT2D eigenvalue weighted by Gasteiger charge is 2.33. The van der Waals surface area contributed by atoms with E-state index in [9.17, 15) is 14.7 Å². The molecule has 2 N–H and O–H groups in total. The summed E-state index contributed by atoms with van der Waals surface area (Å²) in [6, 6.07) is 0.0431. The van der Waals surface area contributed by atoms with Gasteiger partial charge in [0.2, 0.25) is 0 Å². The van der Waals surface area contributed by atoms with Crippen LogP contribution in [0.2, 0.25) is 0 Å². The lowest BCUT2D eigenvalue weighted by atomic mass is 9.97. The molecule has 2 aliphatic rings. The number of hydrogen-bond donors (Lipinski definition) is 2. The molecule has 2 rings (SSSR count). The third-order valence-corrected chi connectivity index (χ3v) is 4.45. The highest BCUT2D eigenvalue weighted by Crippen LogP contribution is 2.24. The molecule has 3 unspecified atom stereocenters. The lowest BCUT2D eigenvalue weighted by Gasteiger charge is -2.36. The fourth-order valence-electron chi connectivity index (χ4n) is 3.08. The third kappa shape index (κ3) is 3.62. The molecule has 0 bridgehead atoms. The van der Waals surface area contributed by atoms with Gasteiger partial charge in [-0.05, 0) is 31.1 Å². The summed E-state index contributed by atoms with van der Waals surface area (Å²) in [6.07, 6.45) is 2.06. The molecular weight excluding hydrogens is 260 g/mol. The molecule has 3 atom stereocenters. The summed E-state index contributed by atoms with van der Waals surface area (Å²) in [7, 11) is 0. The van der Waals surface area contributed by atoms with Gasteiger partial charge < -0.3 is 20.0 Å². The summed E-state index contributed by atoms with van der Waals surface area (Å²) < 4.78 is 0. The highest BCUT2D eigenvalue weighted by atomic mass is 16.4. The summed E-state index contributed by atoms with van der Waals surface area (Å²) in [4.78, 5) is 26.6. The van der Waals surface area contributed by atoms with Gasteiger partial charge >= 0.3 is 12.0 Å². The first-order chi connectivity index (χ1) is 9.47. The zero-order chi connectivity index (χ0) is 14.7. The quantitative estimate of drug-likeness (QED) is 0.810. The number of urea groups is 1. The Balaban J connectivity index is 1.80. The van der Waals surface area contributed by atoms with Crippen molar-refractivity contribution in [2.24, 2.45) is 11.8 Å². The minimum atomic E-state index is -0.770. The molecule has 0 aromatic carbocycles. The predicted octanol–water partition coefficient (Wildman–Crippen LogP) is 0.996. The number of hydrogen-bond acceptors (Lipinski definition) is 3. The SMILES string of the molecule is CC1CN(C(=O)N2CCC(CCC(=O)O)C2)CCC1O. The number of amides is 2. The molecule has 0 aromatic heterocycles. The normalized spacial score (nSPS) is 30.6. The lowest BCUT2D eigenvalue weighted by molar-refractivity contribution is -0.137. The molecule has 2 saturated heterocycles. The van der Waals surface area contributed by atoms with E-state index in [0.29, 0.717) is 38.4 Å². The summed E-state index contributed by atoms with van der Waals surface area (Å²) in [5.74, 6) is -0.338. The van der Waals surface area contributed by atoms with Crippen LogP contribution in [0.4, 0.5) is 4.79 Å². The molecule has 6 heteroatoms. The molecule has 20 heavy (non-hydrogen) atoms. The van der Waals surface area contributed by atoms with E-state index >= 15 is 0 Å². The topological polar surface area (TPSA) is 81.1 Å². The number of aliphatic hydroxyl groups excluding tert-OH is 1. The van der Waals surface area contributed by atoms with Gasteiger partial charge in [0.15, 0.2) is 0 Å². The van der Waals surface area contributed by atoms with Crippen LogP contribution in [0.1, 0.15) is 32.6 Å². The molecule has 114 valence electrons. The first-order valence-corrected chi connectivity index (χ1v) is 7.41. The van der Waals surface area contributed by atoms with Crippen LogP contribution in [-0.4, -0.2) is 64.3 Å². The van der Waals surface area contributed by atoms with Crippen molar-refractivity contribution in [1.29, 1.82) is 0 Å². The van der Waals surface area contributed by atoms with E-state index in [2.05, 4.69) is 0 Å². The maximum Gasteiger partial charge on any atom is 0.320 e.